The Labute approximate surface area is 157 Å². The van der Waals surface area contributed by atoms with E-state index in [1.807, 2.05) is 4.90 Å². The topological polar surface area (TPSA) is 69.7 Å². The van der Waals surface area contributed by atoms with Gasteiger partial charge in [0.15, 0.2) is 14.6 Å². The number of hydrogen-bond donors (Lipinski definition) is 1. The quantitative estimate of drug-likeness (QED) is 0.736. The lowest BCUT2D eigenvalue weighted by atomic mass is 9.93. The maximum absolute atomic E-state index is 13.1. The molecule has 3 rings (SSSR count). The van der Waals surface area contributed by atoms with Crippen molar-refractivity contribution in [3.8, 4) is 0 Å². The first kappa shape index (κ1) is 22.0. The highest BCUT2D eigenvalue weighted by molar-refractivity contribution is 7.92. The minimum Gasteiger partial charge on any atom is -0.338 e. The second-order valence-electron chi connectivity index (χ2n) is 6.95. The monoisotopic (exact) mass is 401 g/mol. The Bertz CT molecular complexity index is 538. The van der Waals surface area contributed by atoms with Gasteiger partial charge in [0.1, 0.15) is 0 Å². The van der Waals surface area contributed by atoms with Crippen LogP contribution in [0.3, 0.4) is 0 Å². The van der Waals surface area contributed by atoms with Gasteiger partial charge < -0.3 is 10.2 Å². The molecule has 3 saturated heterocycles. The Morgan fingerprint density at radius 3 is 2.38 bits per heavy atom. The number of nitrogens with zero attached hydrogens (tertiary/aromatic N) is 2. The summed E-state index contributed by atoms with van der Waals surface area (Å²) in [4.78, 5) is 17.4. The molecule has 3 aliphatic rings. The van der Waals surface area contributed by atoms with E-state index in [0.717, 1.165) is 19.5 Å². The number of piperazine rings is 1. The summed E-state index contributed by atoms with van der Waals surface area (Å²) in [6, 6.07) is 0.421. The molecule has 24 heavy (non-hydrogen) atoms. The second kappa shape index (κ2) is 8.54. The maximum Gasteiger partial charge on any atom is 0.244 e. The molecule has 0 aromatic heterocycles. The van der Waals surface area contributed by atoms with Crippen molar-refractivity contribution in [1.82, 2.24) is 15.1 Å². The number of sulfone groups is 1. The summed E-state index contributed by atoms with van der Waals surface area (Å²) in [5.74, 6) is -0.151. The molecule has 142 valence electrons. The van der Waals surface area contributed by atoms with E-state index in [0.29, 0.717) is 45.1 Å². The summed E-state index contributed by atoms with van der Waals surface area (Å²) in [6.45, 7) is 4.57. The summed E-state index contributed by atoms with van der Waals surface area (Å²) in [5, 5.41) is 3.17. The molecule has 0 aromatic carbocycles. The van der Waals surface area contributed by atoms with Crippen molar-refractivity contribution in [2.24, 2.45) is 0 Å². The summed E-state index contributed by atoms with van der Waals surface area (Å²) >= 11 is 0. The summed E-state index contributed by atoms with van der Waals surface area (Å²) in [7, 11) is -3.41. The normalized spacial score (nSPS) is 27.4. The number of carbonyl (C=O) groups excluding carboxylic acids is 1. The molecular formula is C15H29Cl2N3O3S. The van der Waals surface area contributed by atoms with Gasteiger partial charge in [-0.05, 0) is 45.3 Å². The number of piperidine rings is 2. The standard InChI is InChI=1S/C15H27N3O3S.2ClH/c1-22(20,21)15(5-7-16-8-6-15)14(19)18-11-10-17-9-3-2-4-13(17)12-18;;/h13,16H,2-12H2,1H3;2*1H. The highest BCUT2D eigenvalue weighted by atomic mass is 35.5. The van der Waals surface area contributed by atoms with Crippen molar-refractivity contribution in [2.75, 3.05) is 45.5 Å². The Morgan fingerprint density at radius 1 is 1.08 bits per heavy atom. The molecule has 0 aliphatic carbocycles. The van der Waals surface area contributed by atoms with E-state index in [1.165, 1.54) is 19.1 Å². The molecule has 1 atom stereocenters. The molecule has 9 heteroatoms. The minimum absolute atomic E-state index is 0. The molecule has 0 spiro atoms. The third-order valence-corrected chi connectivity index (χ3v) is 7.64. The number of halogens is 2. The van der Waals surface area contributed by atoms with Gasteiger partial charge in [0.2, 0.25) is 5.91 Å². The number of rotatable bonds is 2. The molecule has 3 fully saturated rings. The Kier molecular flexibility index (Phi) is 7.81. The van der Waals surface area contributed by atoms with E-state index < -0.39 is 14.6 Å². The summed E-state index contributed by atoms with van der Waals surface area (Å²) in [6.07, 6.45) is 5.60. The lowest BCUT2D eigenvalue weighted by molar-refractivity contribution is -0.138. The molecule has 1 unspecified atom stereocenters. The number of fused-ring (bicyclic) bond motifs is 1. The average molecular weight is 402 g/mol. The first-order valence-electron chi connectivity index (χ1n) is 8.38. The predicted octanol–water partition coefficient (Wildman–Crippen LogP) is 0.693. The lowest BCUT2D eigenvalue weighted by Gasteiger charge is -2.47. The van der Waals surface area contributed by atoms with Crippen LogP contribution in [0.15, 0.2) is 0 Å². The van der Waals surface area contributed by atoms with Gasteiger partial charge in [-0.15, -0.1) is 24.8 Å². The largest absolute Gasteiger partial charge is 0.338 e. The van der Waals surface area contributed by atoms with Gasteiger partial charge in [-0.3, -0.25) is 9.69 Å². The van der Waals surface area contributed by atoms with E-state index in [9.17, 15) is 13.2 Å². The molecule has 0 radical (unpaired) electrons. The van der Waals surface area contributed by atoms with E-state index in [2.05, 4.69) is 10.2 Å². The van der Waals surface area contributed by atoms with Gasteiger partial charge in [0.05, 0.1) is 0 Å². The van der Waals surface area contributed by atoms with E-state index in [1.54, 1.807) is 0 Å². The van der Waals surface area contributed by atoms with E-state index in [-0.39, 0.29) is 30.7 Å². The van der Waals surface area contributed by atoms with Gasteiger partial charge in [-0.1, -0.05) is 6.42 Å². The predicted molar refractivity (Wildman–Crippen MR) is 100.0 cm³/mol. The fourth-order valence-corrected chi connectivity index (χ4v) is 5.59. The molecule has 0 aromatic rings. The summed E-state index contributed by atoms with van der Waals surface area (Å²) < 4.78 is 23.6. The number of carbonyl (C=O) groups is 1. The average Bonchev–Trinajstić information content (AvgIpc) is 2.53. The van der Waals surface area contributed by atoms with Crippen molar-refractivity contribution in [3.63, 3.8) is 0 Å². The Morgan fingerprint density at radius 2 is 1.75 bits per heavy atom. The third-order valence-electron chi connectivity index (χ3n) is 5.64. The fourth-order valence-electron chi connectivity index (χ4n) is 4.20. The lowest BCUT2D eigenvalue weighted by Crippen LogP contribution is -2.63. The van der Waals surface area contributed by atoms with Crippen LogP contribution in [0.4, 0.5) is 0 Å². The number of amides is 1. The van der Waals surface area contributed by atoms with Crippen LogP contribution in [-0.4, -0.2) is 80.4 Å². The first-order chi connectivity index (χ1) is 10.4. The second-order valence-corrected chi connectivity index (χ2v) is 9.28. The number of hydrogen-bond acceptors (Lipinski definition) is 5. The Balaban J connectivity index is 0.00000144. The van der Waals surface area contributed by atoms with Crippen LogP contribution in [0.25, 0.3) is 0 Å². The molecule has 6 nitrogen and oxygen atoms in total. The van der Waals surface area contributed by atoms with Crippen molar-refractivity contribution < 1.29 is 13.2 Å². The molecule has 3 heterocycles. The van der Waals surface area contributed by atoms with E-state index in [4.69, 9.17) is 0 Å². The van der Waals surface area contributed by atoms with Gasteiger partial charge >= 0.3 is 0 Å². The zero-order chi connectivity index (χ0) is 15.8. The highest BCUT2D eigenvalue weighted by Gasteiger charge is 2.51. The SMILES string of the molecule is CS(=O)(=O)C1(C(=O)N2CCN3CCCCC3C2)CCNCC1.Cl.Cl. The maximum atomic E-state index is 13.1. The van der Waals surface area contributed by atoms with Gasteiger partial charge in [0, 0.05) is 31.9 Å². The summed E-state index contributed by atoms with van der Waals surface area (Å²) in [5.41, 5.74) is 0. The van der Waals surface area contributed by atoms with Gasteiger partial charge in [-0.2, -0.15) is 0 Å². The van der Waals surface area contributed by atoms with Crippen LogP contribution in [-0.2, 0) is 14.6 Å². The molecular weight excluding hydrogens is 373 g/mol. The zero-order valence-corrected chi connectivity index (χ0v) is 16.6. The van der Waals surface area contributed by atoms with Crippen LogP contribution in [0.1, 0.15) is 32.1 Å². The smallest absolute Gasteiger partial charge is 0.244 e. The molecule has 3 aliphatic heterocycles. The van der Waals surface area contributed by atoms with Crippen LogP contribution < -0.4 is 5.32 Å². The van der Waals surface area contributed by atoms with Crippen molar-refractivity contribution >= 4 is 40.6 Å². The minimum atomic E-state index is -3.41. The van der Waals surface area contributed by atoms with Gasteiger partial charge in [0.25, 0.3) is 0 Å². The zero-order valence-electron chi connectivity index (χ0n) is 14.2. The Hall–Kier alpha value is -0.0800. The van der Waals surface area contributed by atoms with Crippen molar-refractivity contribution in [1.29, 1.82) is 0 Å². The third kappa shape index (κ3) is 4.01. The van der Waals surface area contributed by atoms with Crippen LogP contribution in [0.5, 0.6) is 0 Å². The number of nitrogens with one attached hydrogen (secondary N) is 1. The van der Waals surface area contributed by atoms with Gasteiger partial charge in [-0.25, -0.2) is 8.42 Å². The molecule has 0 saturated carbocycles. The highest BCUT2D eigenvalue weighted by Crippen LogP contribution is 2.32. The van der Waals surface area contributed by atoms with Crippen molar-refractivity contribution in [3.05, 3.63) is 0 Å². The van der Waals surface area contributed by atoms with Crippen LogP contribution >= 0.6 is 24.8 Å². The molecule has 1 amide bonds. The van der Waals surface area contributed by atoms with E-state index >= 15 is 0 Å². The first-order valence-corrected chi connectivity index (χ1v) is 10.3. The molecule has 0 bridgehead atoms. The van der Waals surface area contributed by atoms with Crippen LogP contribution in [0.2, 0.25) is 0 Å². The van der Waals surface area contributed by atoms with Crippen LogP contribution in [0, 0.1) is 0 Å². The fraction of sp³-hybridized carbons (Fsp3) is 0.933. The molecule has 1 N–H and O–H groups in total. The van der Waals surface area contributed by atoms with Crippen molar-refractivity contribution in [2.45, 2.75) is 42.9 Å².